The van der Waals surface area contributed by atoms with Crippen molar-refractivity contribution in [3.63, 3.8) is 0 Å². The van der Waals surface area contributed by atoms with Crippen molar-refractivity contribution in [3.8, 4) is 0 Å². The molecule has 20 heavy (non-hydrogen) atoms. The molecule has 0 spiro atoms. The fourth-order valence-corrected chi connectivity index (χ4v) is 2.61. The van der Waals surface area contributed by atoms with Gasteiger partial charge in [0.05, 0.1) is 6.26 Å². The van der Waals surface area contributed by atoms with Gasteiger partial charge in [-0.3, -0.25) is 0 Å². The Kier molecular flexibility index (Phi) is 5.68. The zero-order valence-electron chi connectivity index (χ0n) is 11.9. The molecule has 5 heteroatoms. The molecule has 1 atom stereocenters. The molecule has 0 aliphatic rings. The second kappa shape index (κ2) is 7.75. The summed E-state index contributed by atoms with van der Waals surface area (Å²) in [7, 11) is 0. The predicted octanol–water partition coefficient (Wildman–Crippen LogP) is 3.20. The average molecular weight is 291 g/mol. The minimum absolute atomic E-state index is 0.466. The van der Waals surface area contributed by atoms with Crippen molar-refractivity contribution in [1.29, 1.82) is 0 Å². The van der Waals surface area contributed by atoms with E-state index in [4.69, 9.17) is 4.42 Å². The third-order valence-corrected chi connectivity index (χ3v) is 3.71. The molecule has 0 bridgehead atoms. The van der Waals surface area contributed by atoms with E-state index in [0.29, 0.717) is 12.5 Å². The molecule has 2 heterocycles. The Morgan fingerprint density at radius 1 is 1.40 bits per heavy atom. The maximum Gasteiger partial charge on any atom is 0.191 e. The summed E-state index contributed by atoms with van der Waals surface area (Å²) < 4.78 is 5.29. The van der Waals surface area contributed by atoms with Gasteiger partial charge in [0.25, 0.3) is 0 Å². The van der Waals surface area contributed by atoms with Gasteiger partial charge in [-0.2, -0.15) is 11.3 Å². The summed E-state index contributed by atoms with van der Waals surface area (Å²) in [6.07, 6.45) is 1.67. The summed E-state index contributed by atoms with van der Waals surface area (Å²) in [5.41, 5.74) is 1.37. The third kappa shape index (κ3) is 4.42. The average Bonchev–Trinajstić information content (AvgIpc) is 3.13. The Balaban J connectivity index is 1.87. The van der Waals surface area contributed by atoms with Crippen LogP contribution in [-0.2, 0) is 6.54 Å². The quantitative estimate of drug-likeness (QED) is 0.635. The summed E-state index contributed by atoms with van der Waals surface area (Å²) >= 11 is 1.73. The van der Waals surface area contributed by atoms with Crippen LogP contribution in [0.2, 0.25) is 0 Å². The monoisotopic (exact) mass is 291 g/mol. The fourth-order valence-electron chi connectivity index (χ4n) is 1.82. The first-order valence-corrected chi connectivity index (χ1v) is 7.80. The van der Waals surface area contributed by atoms with Crippen molar-refractivity contribution < 1.29 is 4.42 Å². The molecule has 0 saturated carbocycles. The van der Waals surface area contributed by atoms with E-state index in [1.165, 1.54) is 5.56 Å². The third-order valence-electron chi connectivity index (χ3n) is 3.01. The molecule has 2 N–H and O–H groups in total. The maximum absolute atomic E-state index is 5.29. The van der Waals surface area contributed by atoms with Crippen molar-refractivity contribution in [2.45, 2.75) is 26.3 Å². The number of guanidine groups is 1. The van der Waals surface area contributed by atoms with Crippen LogP contribution in [0.25, 0.3) is 0 Å². The molecule has 4 nitrogen and oxygen atoms in total. The Labute approximate surface area is 123 Å². The van der Waals surface area contributed by atoms with Crippen LogP contribution in [0.1, 0.15) is 31.1 Å². The molecule has 2 aromatic rings. The van der Waals surface area contributed by atoms with E-state index in [1.807, 2.05) is 12.1 Å². The fraction of sp³-hybridized carbons (Fsp3) is 0.400. The van der Waals surface area contributed by atoms with Crippen LogP contribution >= 0.6 is 11.3 Å². The van der Waals surface area contributed by atoms with E-state index in [1.54, 1.807) is 17.6 Å². The van der Waals surface area contributed by atoms with Gasteiger partial charge < -0.3 is 15.1 Å². The second-order valence-electron chi connectivity index (χ2n) is 4.61. The van der Waals surface area contributed by atoms with Gasteiger partial charge in [0.15, 0.2) is 5.96 Å². The summed E-state index contributed by atoms with van der Waals surface area (Å²) in [6, 6.07) is 5.98. The van der Waals surface area contributed by atoms with Gasteiger partial charge in [-0.15, -0.1) is 0 Å². The van der Waals surface area contributed by atoms with Gasteiger partial charge >= 0.3 is 0 Å². The SMILES string of the molecule is CCNC(=NCc1ccco1)NCC(C)c1ccsc1. The lowest BCUT2D eigenvalue weighted by Gasteiger charge is -2.15. The van der Waals surface area contributed by atoms with Crippen LogP contribution in [-0.4, -0.2) is 19.0 Å². The molecule has 1 unspecified atom stereocenters. The number of nitrogens with one attached hydrogen (secondary N) is 2. The maximum atomic E-state index is 5.29. The smallest absolute Gasteiger partial charge is 0.191 e. The first-order valence-electron chi connectivity index (χ1n) is 6.86. The molecular weight excluding hydrogens is 270 g/mol. The van der Waals surface area contributed by atoms with Crippen LogP contribution in [0.15, 0.2) is 44.6 Å². The topological polar surface area (TPSA) is 49.6 Å². The van der Waals surface area contributed by atoms with E-state index in [9.17, 15) is 0 Å². The minimum Gasteiger partial charge on any atom is -0.467 e. The van der Waals surface area contributed by atoms with E-state index < -0.39 is 0 Å². The normalized spacial score (nSPS) is 13.2. The van der Waals surface area contributed by atoms with Crippen molar-refractivity contribution in [1.82, 2.24) is 10.6 Å². The number of furan rings is 1. The molecule has 2 aromatic heterocycles. The van der Waals surface area contributed by atoms with Crippen LogP contribution in [0, 0.1) is 0 Å². The highest BCUT2D eigenvalue weighted by Gasteiger charge is 2.07. The van der Waals surface area contributed by atoms with Crippen molar-refractivity contribution in [2.75, 3.05) is 13.1 Å². The van der Waals surface area contributed by atoms with E-state index >= 15 is 0 Å². The largest absolute Gasteiger partial charge is 0.467 e. The number of aliphatic imine (C=N–C) groups is 1. The summed E-state index contributed by atoms with van der Waals surface area (Å²) in [6.45, 7) is 6.53. The van der Waals surface area contributed by atoms with Gasteiger partial charge in [0.2, 0.25) is 0 Å². The minimum atomic E-state index is 0.466. The Morgan fingerprint density at radius 3 is 2.95 bits per heavy atom. The summed E-state index contributed by atoms with van der Waals surface area (Å²) in [4.78, 5) is 4.51. The predicted molar refractivity (Wildman–Crippen MR) is 84.3 cm³/mol. The van der Waals surface area contributed by atoms with Gasteiger partial charge in [0.1, 0.15) is 12.3 Å². The molecular formula is C15H21N3OS. The van der Waals surface area contributed by atoms with E-state index in [-0.39, 0.29) is 0 Å². The van der Waals surface area contributed by atoms with Crippen molar-refractivity contribution in [3.05, 3.63) is 46.5 Å². The molecule has 0 saturated heterocycles. The molecule has 108 valence electrons. The lowest BCUT2D eigenvalue weighted by atomic mass is 10.1. The Hall–Kier alpha value is -1.75. The Bertz CT molecular complexity index is 505. The Morgan fingerprint density at radius 2 is 2.30 bits per heavy atom. The van der Waals surface area contributed by atoms with Crippen LogP contribution < -0.4 is 10.6 Å². The molecule has 0 amide bonds. The van der Waals surface area contributed by atoms with Gasteiger partial charge in [-0.1, -0.05) is 6.92 Å². The van der Waals surface area contributed by atoms with Gasteiger partial charge in [-0.25, -0.2) is 4.99 Å². The van der Waals surface area contributed by atoms with Gasteiger partial charge in [-0.05, 0) is 47.4 Å². The van der Waals surface area contributed by atoms with Crippen molar-refractivity contribution in [2.24, 2.45) is 4.99 Å². The molecule has 2 rings (SSSR count). The van der Waals surface area contributed by atoms with Crippen LogP contribution in [0.4, 0.5) is 0 Å². The highest BCUT2D eigenvalue weighted by atomic mass is 32.1. The lowest BCUT2D eigenvalue weighted by Crippen LogP contribution is -2.39. The summed E-state index contributed by atoms with van der Waals surface area (Å²) in [5, 5.41) is 10.9. The molecule has 0 aromatic carbocycles. The number of nitrogens with zero attached hydrogens (tertiary/aromatic N) is 1. The first-order chi connectivity index (χ1) is 9.79. The number of thiophene rings is 1. The first kappa shape index (κ1) is 14.7. The number of hydrogen-bond donors (Lipinski definition) is 2. The zero-order chi connectivity index (χ0) is 14.2. The zero-order valence-corrected chi connectivity index (χ0v) is 12.7. The van der Waals surface area contributed by atoms with Crippen LogP contribution in [0.5, 0.6) is 0 Å². The second-order valence-corrected chi connectivity index (χ2v) is 5.39. The molecule has 0 aliphatic carbocycles. The molecule has 0 fully saturated rings. The van der Waals surface area contributed by atoms with Gasteiger partial charge in [0, 0.05) is 13.1 Å². The summed E-state index contributed by atoms with van der Waals surface area (Å²) in [5.74, 6) is 2.16. The molecule has 0 aliphatic heterocycles. The van der Waals surface area contributed by atoms with E-state index in [2.05, 4.69) is 46.3 Å². The number of hydrogen-bond acceptors (Lipinski definition) is 3. The lowest BCUT2D eigenvalue weighted by molar-refractivity contribution is 0.511. The highest BCUT2D eigenvalue weighted by molar-refractivity contribution is 7.07. The standard InChI is InChI=1S/C15H21N3OS/c1-3-16-15(18-10-14-5-4-7-19-14)17-9-12(2)13-6-8-20-11-13/h4-8,11-12H,3,9-10H2,1-2H3,(H2,16,17,18). The molecule has 0 radical (unpaired) electrons. The van der Waals surface area contributed by atoms with Crippen molar-refractivity contribution >= 4 is 17.3 Å². The number of rotatable bonds is 6. The van der Waals surface area contributed by atoms with Crippen LogP contribution in [0.3, 0.4) is 0 Å². The highest BCUT2D eigenvalue weighted by Crippen LogP contribution is 2.16. The van der Waals surface area contributed by atoms with E-state index in [0.717, 1.165) is 24.8 Å².